The Morgan fingerprint density at radius 1 is 1.38 bits per heavy atom. The molecule has 1 aliphatic rings. The molecule has 2 aromatic rings. The number of likely N-dealkylation sites (N-methyl/N-ethyl adjacent to an activating group) is 1. The molecule has 1 saturated heterocycles. The predicted molar refractivity (Wildman–Crippen MR) is 101 cm³/mol. The Balaban J connectivity index is 2.24. The molecule has 0 atom stereocenters. The smallest absolute Gasteiger partial charge is 0.267 e. The van der Waals surface area contributed by atoms with Crippen LogP contribution >= 0.6 is 24.0 Å². The summed E-state index contributed by atoms with van der Waals surface area (Å²) in [4.78, 5) is 31.5. The normalized spacial score (nSPS) is 16.5. The van der Waals surface area contributed by atoms with Crippen LogP contribution in [-0.4, -0.2) is 38.1 Å². The number of thiocarbonyl (C=S) groups is 1. The van der Waals surface area contributed by atoms with E-state index in [1.54, 1.807) is 25.4 Å². The third kappa shape index (κ3) is 2.83. The first-order chi connectivity index (χ1) is 11.4. The average molecular weight is 360 g/mol. The van der Waals surface area contributed by atoms with Crippen molar-refractivity contribution in [1.29, 1.82) is 0 Å². The highest BCUT2D eigenvalue weighted by Crippen LogP contribution is 2.31. The van der Waals surface area contributed by atoms with Gasteiger partial charge in [0.05, 0.1) is 10.5 Å². The maximum Gasteiger partial charge on any atom is 0.267 e. The molecule has 3 heterocycles. The summed E-state index contributed by atoms with van der Waals surface area (Å²) in [5.41, 5.74) is 1.64. The number of hydrogen-bond acceptors (Lipinski definition) is 6. The number of nitrogens with one attached hydrogen (secondary N) is 1. The summed E-state index contributed by atoms with van der Waals surface area (Å²) in [6.45, 7) is 4.45. The van der Waals surface area contributed by atoms with Crippen molar-refractivity contribution in [3.05, 3.63) is 44.7 Å². The number of carbonyl (C=O) groups excluding carboxylic acids is 1. The van der Waals surface area contributed by atoms with Gasteiger partial charge in [0.1, 0.15) is 15.8 Å². The van der Waals surface area contributed by atoms with Crippen molar-refractivity contribution in [2.75, 3.05) is 18.9 Å². The fourth-order valence-corrected chi connectivity index (χ4v) is 3.53. The average Bonchev–Trinajstić information content (AvgIpc) is 2.79. The summed E-state index contributed by atoms with van der Waals surface area (Å²) in [5, 5.41) is 3.10. The lowest BCUT2D eigenvalue weighted by Crippen LogP contribution is -2.23. The quantitative estimate of drug-likeness (QED) is 0.669. The maximum absolute atomic E-state index is 12.9. The number of aryl methyl sites for hydroxylation is 1. The first kappa shape index (κ1) is 16.7. The fourth-order valence-electron chi connectivity index (χ4n) is 2.37. The van der Waals surface area contributed by atoms with Crippen molar-refractivity contribution >= 4 is 51.7 Å². The molecule has 1 N–H and O–H groups in total. The topological polar surface area (TPSA) is 66.7 Å². The summed E-state index contributed by atoms with van der Waals surface area (Å²) in [6.07, 6.45) is 3.31. The minimum atomic E-state index is -0.221. The highest BCUT2D eigenvalue weighted by atomic mass is 32.2. The maximum atomic E-state index is 12.9. The van der Waals surface area contributed by atoms with Crippen LogP contribution < -0.4 is 10.9 Å². The highest BCUT2D eigenvalue weighted by molar-refractivity contribution is 8.26. The zero-order chi connectivity index (χ0) is 17.4. The fraction of sp³-hybridized carbons (Fsp3) is 0.250. The van der Waals surface area contributed by atoms with Gasteiger partial charge >= 0.3 is 0 Å². The van der Waals surface area contributed by atoms with Gasteiger partial charge in [0.25, 0.3) is 11.5 Å². The molecule has 3 rings (SSSR count). The Hall–Kier alpha value is -2.19. The first-order valence-corrected chi connectivity index (χ1v) is 8.63. The van der Waals surface area contributed by atoms with E-state index in [1.165, 1.54) is 21.1 Å². The van der Waals surface area contributed by atoms with Gasteiger partial charge in [-0.15, -0.1) is 0 Å². The number of aromatic nitrogens is 2. The lowest BCUT2D eigenvalue weighted by atomic mass is 10.2. The molecule has 0 unspecified atom stereocenters. The minimum Gasteiger partial charge on any atom is -0.370 e. The number of amides is 1. The van der Waals surface area contributed by atoms with Crippen LogP contribution in [0.3, 0.4) is 0 Å². The van der Waals surface area contributed by atoms with E-state index in [0.717, 1.165) is 5.56 Å². The zero-order valence-corrected chi connectivity index (χ0v) is 15.1. The molecule has 0 spiro atoms. The third-order valence-electron chi connectivity index (χ3n) is 3.61. The lowest BCUT2D eigenvalue weighted by molar-refractivity contribution is -0.121. The Morgan fingerprint density at radius 2 is 2.12 bits per heavy atom. The van der Waals surface area contributed by atoms with Crippen molar-refractivity contribution in [2.24, 2.45) is 0 Å². The summed E-state index contributed by atoms with van der Waals surface area (Å²) in [7, 11) is 1.62. The molecule has 0 bridgehead atoms. The molecule has 1 aliphatic heterocycles. The van der Waals surface area contributed by atoms with Gasteiger partial charge in [-0.25, -0.2) is 4.98 Å². The van der Waals surface area contributed by atoms with Crippen LogP contribution in [0.25, 0.3) is 11.7 Å². The minimum absolute atomic E-state index is 0.207. The second-order valence-electron chi connectivity index (χ2n) is 5.38. The van der Waals surface area contributed by atoms with E-state index in [4.69, 9.17) is 12.2 Å². The van der Waals surface area contributed by atoms with Crippen molar-refractivity contribution in [3.63, 3.8) is 0 Å². The molecule has 0 aliphatic carbocycles. The van der Waals surface area contributed by atoms with Gasteiger partial charge in [0.2, 0.25) is 0 Å². The SMILES string of the molecule is CCNc1nc2ccc(C)cn2c(=O)c1/C=C1/SC(=S)N(C)C1=O. The number of carbonyl (C=O) groups is 1. The lowest BCUT2D eigenvalue weighted by Gasteiger charge is -2.10. The number of pyridine rings is 1. The number of hydrogen-bond donors (Lipinski definition) is 1. The van der Waals surface area contributed by atoms with Crippen molar-refractivity contribution in [1.82, 2.24) is 14.3 Å². The standard InChI is InChI=1S/C16H16N4O2S2/c1-4-17-13-10(7-11-15(22)19(3)16(23)24-11)14(21)20-8-9(2)5-6-12(20)18-13/h5-8,17H,4H2,1-3H3/b11-7+. The van der Waals surface area contributed by atoms with Gasteiger partial charge < -0.3 is 5.32 Å². The van der Waals surface area contributed by atoms with E-state index in [0.29, 0.717) is 32.8 Å². The zero-order valence-electron chi connectivity index (χ0n) is 13.5. The van der Waals surface area contributed by atoms with Crippen molar-refractivity contribution < 1.29 is 4.79 Å². The van der Waals surface area contributed by atoms with Gasteiger partial charge in [-0.05, 0) is 31.6 Å². The predicted octanol–water partition coefficient (Wildman–Crippen LogP) is 2.27. The van der Waals surface area contributed by atoms with Crippen LogP contribution in [0.4, 0.5) is 5.82 Å². The Kier molecular flexibility index (Phi) is 4.42. The molecule has 0 saturated carbocycles. The molecule has 1 amide bonds. The second-order valence-corrected chi connectivity index (χ2v) is 7.06. The number of thioether (sulfide) groups is 1. The molecule has 2 aromatic heterocycles. The Bertz CT molecular complexity index is 949. The summed E-state index contributed by atoms with van der Waals surface area (Å²) >= 11 is 6.32. The molecular formula is C16H16N4O2S2. The van der Waals surface area contributed by atoms with Gasteiger partial charge in [-0.2, -0.15) is 0 Å². The highest BCUT2D eigenvalue weighted by Gasteiger charge is 2.29. The molecule has 124 valence electrons. The van der Waals surface area contributed by atoms with E-state index < -0.39 is 0 Å². The number of anilines is 1. The monoisotopic (exact) mass is 360 g/mol. The van der Waals surface area contributed by atoms with Gasteiger partial charge in [-0.1, -0.05) is 30.0 Å². The van der Waals surface area contributed by atoms with Crippen LogP contribution in [0.15, 0.2) is 28.0 Å². The summed E-state index contributed by atoms with van der Waals surface area (Å²) in [5.74, 6) is 0.258. The van der Waals surface area contributed by atoms with Crippen LogP contribution in [-0.2, 0) is 4.79 Å². The van der Waals surface area contributed by atoms with E-state index in [-0.39, 0.29) is 11.5 Å². The summed E-state index contributed by atoms with van der Waals surface area (Å²) in [6, 6.07) is 3.70. The van der Waals surface area contributed by atoms with Gasteiger partial charge in [0, 0.05) is 19.8 Å². The van der Waals surface area contributed by atoms with Crippen molar-refractivity contribution in [2.45, 2.75) is 13.8 Å². The largest absolute Gasteiger partial charge is 0.370 e. The molecule has 0 radical (unpaired) electrons. The molecule has 6 nitrogen and oxygen atoms in total. The number of nitrogens with zero attached hydrogens (tertiary/aromatic N) is 3. The molecule has 1 fully saturated rings. The van der Waals surface area contributed by atoms with Gasteiger partial charge in [-0.3, -0.25) is 18.9 Å². The Labute approximate surface area is 148 Å². The molecule has 24 heavy (non-hydrogen) atoms. The van der Waals surface area contributed by atoms with Gasteiger partial charge in [0.15, 0.2) is 0 Å². The Morgan fingerprint density at radius 3 is 2.75 bits per heavy atom. The van der Waals surface area contributed by atoms with E-state index in [9.17, 15) is 9.59 Å². The van der Waals surface area contributed by atoms with Crippen LogP contribution in [0, 0.1) is 6.92 Å². The van der Waals surface area contributed by atoms with Crippen LogP contribution in [0.5, 0.6) is 0 Å². The van der Waals surface area contributed by atoms with E-state index >= 15 is 0 Å². The van der Waals surface area contributed by atoms with Crippen molar-refractivity contribution in [3.8, 4) is 0 Å². The third-order valence-corrected chi connectivity index (χ3v) is 5.10. The second kappa shape index (κ2) is 6.37. The molecule has 8 heteroatoms. The number of rotatable bonds is 3. The molecule has 0 aromatic carbocycles. The van der Waals surface area contributed by atoms with E-state index in [2.05, 4.69) is 10.3 Å². The molecular weight excluding hydrogens is 344 g/mol. The van der Waals surface area contributed by atoms with Crippen LogP contribution in [0.1, 0.15) is 18.1 Å². The first-order valence-electron chi connectivity index (χ1n) is 7.41. The van der Waals surface area contributed by atoms with E-state index in [1.807, 2.05) is 19.9 Å². The number of fused-ring (bicyclic) bond motifs is 1. The van der Waals surface area contributed by atoms with Crippen LogP contribution in [0.2, 0.25) is 0 Å². The summed E-state index contributed by atoms with van der Waals surface area (Å²) < 4.78 is 1.97.